The number of hydrogen-bond donors (Lipinski definition) is 0. The van der Waals surface area contributed by atoms with Gasteiger partial charge >= 0.3 is 46.3 Å². The Morgan fingerprint density at radius 1 is 0.406 bits per heavy atom. The van der Waals surface area contributed by atoms with Gasteiger partial charge in [-0.3, -0.25) is 0 Å². The van der Waals surface area contributed by atoms with Crippen LogP contribution in [0.4, 0.5) is 0 Å². The van der Waals surface area contributed by atoms with Crippen molar-refractivity contribution in [2.45, 2.75) is 87.2 Å². The van der Waals surface area contributed by atoms with E-state index in [4.69, 9.17) is 11.5 Å². The Hall–Kier alpha value is 1.45. The van der Waals surface area contributed by atoms with Gasteiger partial charge in [0, 0.05) is 0 Å². The van der Waals surface area contributed by atoms with Crippen LogP contribution in [0.1, 0.15) is 76.2 Å². The first-order chi connectivity index (χ1) is 13.6. The van der Waals surface area contributed by atoms with Crippen molar-refractivity contribution in [1.29, 1.82) is 0 Å². The van der Waals surface area contributed by atoms with Gasteiger partial charge in [-0.1, -0.05) is 76.2 Å². The van der Waals surface area contributed by atoms with Crippen molar-refractivity contribution in [2.24, 2.45) is 0 Å². The summed E-state index contributed by atoms with van der Waals surface area (Å²) in [5.41, 5.74) is 13.4. The molecule has 0 atom stereocenters. The van der Waals surface area contributed by atoms with Gasteiger partial charge in [-0.25, -0.2) is 0 Å². The minimum Gasteiger partial charge on any atom is -0.673 e. The van der Waals surface area contributed by atoms with Crippen LogP contribution >= 0.6 is 0 Å². The first-order valence-electron chi connectivity index (χ1n) is 10.6. The molecule has 2 nitrogen and oxygen atoms in total. The molecule has 177 valence electrons. The van der Waals surface area contributed by atoms with Crippen molar-refractivity contribution >= 4 is 0 Å². The third-order valence-electron chi connectivity index (χ3n) is 3.92. The van der Waals surface area contributed by atoms with Crippen LogP contribution in [-0.4, -0.2) is 11.1 Å². The van der Waals surface area contributed by atoms with E-state index in [-0.39, 0.29) is 57.4 Å². The summed E-state index contributed by atoms with van der Waals surface area (Å²) in [4.78, 5) is 0. The molecular weight excluding hydrogens is 648 g/mol. The third-order valence-corrected chi connectivity index (χ3v) is 3.92. The Labute approximate surface area is 237 Å². The molecule has 15 radical (unpaired) electrons. The van der Waals surface area contributed by atoms with Crippen molar-refractivity contribution in [3.63, 3.8) is 0 Å². The van der Waals surface area contributed by atoms with Crippen LogP contribution in [0.3, 0.4) is 0 Å². The maximum absolute atomic E-state index is 6.94. The second-order valence-electron chi connectivity index (χ2n) is 9.55. The van der Waals surface area contributed by atoms with Crippen molar-refractivity contribution in [1.82, 2.24) is 0 Å². The van der Waals surface area contributed by atoms with Crippen LogP contribution in [0.5, 0.6) is 0 Å². The fraction of sp³-hybridized carbons (Fsp3) is 0.464. The van der Waals surface area contributed by atoms with Crippen molar-refractivity contribution in [3.8, 4) is 0 Å². The molecule has 0 aromatic carbocycles. The average molecular weight is 693 g/mol. The van der Waals surface area contributed by atoms with Gasteiger partial charge in [0.15, 0.2) is 0 Å². The number of hydrogen-bond acceptors (Lipinski definition) is 0. The molecule has 2 N–H and O–H groups in total. The minimum atomic E-state index is -0.250. The summed E-state index contributed by atoms with van der Waals surface area (Å²) in [5, 5.41) is 0. The second kappa shape index (κ2) is 21.7. The molecule has 3 fully saturated rings. The smallest absolute Gasteiger partial charge is 0.673 e. The maximum atomic E-state index is 6.94. The summed E-state index contributed by atoms with van der Waals surface area (Å²) in [6.45, 7) is 22.1. The van der Waals surface area contributed by atoms with Crippen molar-refractivity contribution < 1.29 is 46.3 Å². The first kappa shape index (κ1) is 40.6. The van der Waals surface area contributed by atoms with Crippen LogP contribution in [0.2, 0.25) is 0 Å². The van der Waals surface area contributed by atoms with E-state index in [1.807, 2.05) is 106 Å². The SMILES string of the molecule is CC(C)(C)[NH-].CC(C)(C)[NH-].C[C]1[C](C)[C](C)[C](C)[C]1C.[CH]1[CH][CH][CH][CH]1.[CH]1[CH][CH][CH][CH]1.[Ir+3].[Zr+2]. The second-order valence-corrected chi connectivity index (χ2v) is 9.55. The van der Waals surface area contributed by atoms with Crippen molar-refractivity contribution in [2.75, 3.05) is 0 Å². The van der Waals surface area contributed by atoms with Crippen LogP contribution < -0.4 is 0 Å². The molecule has 0 amide bonds. The van der Waals surface area contributed by atoms with Crippen LogP contribution in [0.25, 0.3) is 11.5 Å². The predicted molar refractivity (Wildman–Crippen MR) is 136 cm³/mol. The third kappa shape index (κ3) is 29.5. The summed E-state index contributed by atoms with van der Waals surface area (Å²) in [5.74, 6) is 7.34. The van der Waals surface area contributed by atoms with Gasteiger partial charge in [0.05, 0.1) is 0 Å². The molecule has 0 aromatic rings. The van der Waals surface area contributed by atoms with Gasteiger partial charge in [0.2, 0.25) is 0 Å². The Kier molecular flexibility index (Phi) is 27.6. The molecule has 3 aliphatic rings. The van der Waals surface area contributed by atoms with E-state index in [2.05, 4.69) is 34.6 Å². The van der Waals surface area contributed by atoms with Crippen LogP contribution in [-0.2, 0) is 46.3 Å². The summed E-state index contributed by atoms with van der Waals surface area (Å²) in [6.07, 6.45) is 20.0. The van der Waals surface area contributed by atoms with Gasteiger partial charge in [0.1, 0.15) is 0 Å². The summed E-state index contributed by atoms with van der Waals surface area (Å²) >= 11 is 0. The summed E-state index contributed by atoms with van der Waals surface area (Å²) in [7, 11) is 0. The fourth-order valence-corrected chi connectivity index (χ4v) is 2.05. The van der Waals surface area contributed by atoms with Crippen LogP contribution in [0, 0.1) is 93.8 Å². The van der Waals surface area contributed by atoms with Gasteiger partial charge in [0.25, 0.3) is 0 Å². The van der Waals surface area contributed by atoms with Gasteiger partial charge in [-0.15, -0.1) is 11.1 Å². The predicted octanol–water partition coefficient (Wildman–Crippen LogP) is 8.68. The molecule has 0 bridgehead atoms. The quantitative estimate of drug-likeness (QED) is 0.244. The molecule has 0 aromatic heterocycles. The molecule has 0 saturated heterocycles. The fourth-order valence-electron chi connectivity index (χ4n) is 2.05. The molecule has 0 aliphatic heterocycles. The summed E-state index contributed by atoms with van der Waals surface area (Å²) in [6, 6.07) is 0. The van der Waals surface area contributed by atoms with E-state index in [9.17, 15) is 0 Å². The zero-order valence-corrected chi connectivity index (χ0v) is 27.0. The molecular formula is C28H45IrN2Zr+3. The average Bonchev–Trinajstić information content (AvgIpc) is 3.35. The first-order valence-corrected chi connectivity index (χ1v) is 10.6. The van der Waals surface area contributed by atoms with Gasteiger partial charge < -0.3 is 11.5 Å². The molecule has 3 saturated carbocycles. The molecule has 32 heavy (non-hydrogen) atoms. The van der Waals surface area contributed by atoms with E-state index >= 15 is 0 Å². The zero-order chi connectivity index (χ0) is 24.0. The largest absolute Gasteiger partial charge is 3.00 e. The number of nitrogens with one attached hydrogen (secondary N) is 2. The van der Waals surface area contributed by atoms with E-state index in [0.29, 0.717) is 0 Å². The Bertz CT molecular complexity index is 288. The Morgan fingerprint density at radius 2 is 0.469 bits per heavy atom. The normalized spacial score (nSPS) is 20.2. The number of rotatable bonds is 0. The topological polar surface area (TPSA) is 47.6 Å². The maximum Gasteiger partial charge on any atom is 3.00 e. The van der Waals surface area contributed by atoms with Gasteiger partial charge in [-0.05, 0) is 93.8 Å². The zero-order valence-electron chi connectivity index (χ0n) is 22.1. The molecule has 4 heteroatoms. The van der Waals surface area contributed by atoms with E-state index in [0.717, 1.165) is 0 Å². The molecule has 0 unspecified atom stereocenters. The van der Waals surface area contributed by atoms with Crippen molar-refractivity contribution in [3.05, 3.63) is 105 Å². The van der Waals surface area contributed by atoms with E-state index < -0.39 is 0 Å². The molecule has 0 heterocycles. The minimum absolute atomic E-state index is 0. The standard InChI is InChI=1S/C10H15.2C5H5.2C4H10N.Ir.Zr/c1-6-7(2)9(4)10(5)8(6)3;2*1-2-4-5-3-1;2*1-4(2,3)5;;/h1-5H3;2*1-5H;2*5H,1-3H3;;/q;;;2*-1;+3;+2. The molecule has 0 spiro atoms. The molecule has 3 aliphatic carbocycles. The summed E-state index contributed by atoms with van der Waals surface area (Å²) < 4.78 is 0. The Balaban J connectivity index is -0.000000157. The van der Waals surface area contributed by atoms with E-state index in [1.165, 1.54) is 29.6 Å². The van der Waals surface area contributed by atoms with E-state index in [1.54, 1.807) is 0 Å². The van der Waals surface area contributed by atoms with Gasteiger partial charge in [-0.2, -0.15) is 0 Å². The monoisotopic (exact) mass is 692 g/mol. The molecule has 3 rings (SSSR count). The Morgan fingerprint density at radius 3 is 0.531 bits per heavy atom. The van der Waals surface area contributed by atoms with Crippen LogP contribution in [0.15, 0.2) is 0 Å².